The van der Waals surface area contributed by atoms with Gasteiger partial charge in [-0.05, 0) is 30.7 Å². The maximum atomic E-state index is 12.0. The lowest BCUT2D eigenvalue weighted by atomic mass is 10.2. The van der Waals surface area contributed by atoms with Crippen molar-refractivity contribution in [2.75, 3.05) is 38.1 Å². The molecule has 0 bridgehead atoms. The number of benzene rings is 1. The first kappa shape index (κ1) is 23.2. The van der Waals surface area contributed by atoms with Gasteiger partial charge in [0.1, 0.15) is 5.82 Å². The van der Waals surface area contributed by atoms with Crippen LogP contribution >= 0.6 is 35.6 Å². The monoisotopic (exact) mass is 528 g/mol. The lowest BCUT2D eigenvalue weighted by Gasteiger charge is -2.20. The number of amides is 1. The van der Waals surface area contributed by atoms with E-state index in [1.165, 1.54) is 0 Å². The van der Waals surface area contributed by atoms with Gasteiger partial charge in [0.25, 0.3) is 5.91 Å². The fourth-order valence-electron chi connectivity index (χ4n) is 3.12. The Hall–Kier alpha value is -2.07. The molecule has 0 saturated carbocycles. The summed E-state index contributed by atoms with van der Waals surface area (Å²) in [6.45, 7) is 2.79. The van der Waals surface area contributed by atoms with Crippen LogP contribution < -0.4 is 20.9 Å². The molecule has 1 aliphatic heterocycles. The van der Waals surface area contributed by atoms with Crippen molar-refractivity contribution in [1.82, 2.24) is 20.9 Å². The molecule has 3 rings (SSSR count). The minimum absolute atomic E-state index is 0. The van der Waals surface area contributed by atoms with E-state index < -0.39 is 0 Å². The fourth-order valence-corrected chi connectivity index (χ4v) is 3.36. The van der Waals surface area contributed by atoms with Crippen molar-refractivity contribution >= 4 is 53.3 Å². The number of nitrogens with zero attached hydrogens (tertiary/aromatic N) is 3. The third kappa shape index (κ3) is 6.74. The Bertz CT molecular complexity index is 820. The predicted octanol–water partition coefficient (Wildman–Crippen LogP) is 2.53. The highest BCUT2D eigenvalue weighted by Crippen LogP contribution is 2.25. The van der Waals surface area contributed by atoms with Gasteiger partial charge in [0.15, 0.2) is 5.96 Å². The summed E-state index contributed by atoms with van der Waals surface area (Å²) in [6, 6.07) is 13.1. The van der Waals surface area contributed by atoms with Gasteiger partial charge in [0.05, 0.1) is 5.02 Å². The summed E-state index contributed by atoms with van der Waals surface area (Å²) in [5.74, 6) is 1.46. The third-order valence-corrected chi connectivity index (χ3v) is 4.83. The number of hydrogen-bond acceptors (Lipinski definition) is 4. The number of nitrogens with one attached hydrogen (secondary N) is 3. The van der Waals surface area contributed by atoms with Gasteiger partial charge in [-0.15, -0.1) is 24.0 Å². The van der Waals surface area contributed by atoms with Crippen molar-refractivity contribution in [3.63, 3.8) is 0 Å². The van der Waals surface area contributed by atoms with Crippen LogP contribution in [0.1, 0.15) is 16.8 Å². The van der Waals surface area contributed by atoms with Crippen molar-refractivity contribution in [2.24, 2.45) is 4.99 Å². The molecule has 1 aromatic carbocycles. The number of pyridine rings is 1. The normalized spacial score (nSPS) is 16.1. The van der Waals surface area contributed by atoms with Gasteiger partial charge in [-0.1, -0.05) is 29.8 Å². The maximum Gasteiger partial charge on any atom is 0.251 e. The number of aliphatic imine (C=N–C) groups is 1. The Balaban J connectivity index is 0.00000300. The minimum Gasteiger partial charge on any atom is -0.355 e. The highest BCUT2D eigenvalue weighted by atomic mass is 127. The standard InChI is InChI=1S/C20H25ClN6O.HI/c1-22-20(25-12-11-24-19(28)15-6-3-2-4-7-15)26-16-9-13-27(14-16)18-17(21)8-5-10-23-18;/h2-8,10,16H,9,11-14H2,1H3,(H,24,28)(H2,22,25,26);1H. The summed E-state index contributed by atoms with van der Waals surface area (Å²) >= 11 is 6.24. The van der Waals surface area contributed by atoms with Crippen LogP contribution in [0.25, 0.3) is 0 Å². The van der Waals surface area contributed by atoms with Crippen LogP contribution in [0.2, 0.25) is 5.02 Å². The van der Waals surface area contributed by atoms with Crippen molar-refractivity contribution in [2.45, 2.75) is 12.5 Å². The van der Waals surface area contributed by atoms with Gasteiger partial charge in [0.2, 0.25) is 0 Å². The summed E-state index contributed by atoms with van der Waals surface area (Å²) in [7, 11) is 1.74. The van der Waals surface area contributed by atoms with Gasteiger partial charge in [-0.3, -0.25) is 9.79 Å². The van der Waals surface area contributed by atoms with E-state index in [0.717, 1.165) is 25.3 Å². The molecule has 2 aromatic rings. The first-order chi connectivity index (χ1) is 13.7. The molecular formula is C20H26ClIN6O. The number of halogens is 2. The summed E-state index contributed by atoms with van der Waals surface area (Å²) in [6.07, 6.45) is 2.73. The Morgan fingerprint density at radius 2 is 1.97 bits per heavy atom. The minimum atomic E-state index is -0.0796. The Morgan fingerprint density at radius 3 is 2.69 bits per heavy atom. The van der Waals surface area contributed by atoms with E-state index in [2.05, 4.69) is 30.8 Å². The van der Waals surface area contributed by atoms with Crippen molar-refractivity contribution in [3.05, 3.63) is 59.2 Å². The topological polar surface area (TPSA) is 81.6 Å². The second-order valence-corrected chi connectivity index (χ2v) is 6.91. The molecule has 0 spiro atoms. The molecule has 9 heteroatoms. The Morgan fingerprint density at radius 1 is 1.21 bits per heavy atom. The van der Waals surface area contributed by atoms with E-state index in [1.54, 1.807) is 25.4 Å². The zero-order chi connectivity index (χ0) is 19.8. The van der Waals surface area contributed by atoms with Crippen LogP contribution in [-0.2, 0) is 0 Å². The van der Waals surface area contributed by atoms with Crippen molar-refractivity contribution in [1.29, 1.82) is 0 Å². The lowest BCUT2D eigenvalue weighted by Crippen LogP contribution is -2.46. The molecule has 0 aliphatic carbocycles. The van der Waals surface area contributed by atoms with Crippen LogP contribution in [-0.4, -0.2) is 56.1 Å². The first-order valence-electron chi connectivity index (χ1n) is 9.33. The number of rotatable bonds is 6. The SMILES string of the molecule is CN=C(NCCNC(=O)c1ccccc1)NC1CCN(c2ncccc2Cl)C1.I. The lowest BCUT2D eigenvalue weighted by molar-refractivity contribution is 0.0954. The summed E-state index contributed by atoms with van der Waals surface area (Å²) in [5.41, 5.74) is 0.657. The fraction of sp³-hybridized carbons (Fsp3) is 0.350. The van der Waals surface area contributed by atoms with Crippen LogP contribution in [0, 0.1) is 0 Å². The van der Waals surface area contributed by atoms with E-state index in [9.17, 15) is 4.79 Å². The molecule has 1 unspecified atom stereocenters. The quantitative estimate of drug-likeness (QED) is 0.232. The molecule has 3 N–H and O–H groups in total. The number of anilines is 1. The number of guanidine groups is 1. The second-order valence-electron chi connectivity index (χ2n) is 6.51. The third-order valence-electron chi connectivity index (χ3n) is 4.53. The molecule has 7 nitrogen and oxygen atoms in total. The van der Waals surface area contributed by atoms with Crippen molar-refractivity contribution < 1.29 is 4.79 Å². The Labute approximate surface area is 193 Å². The molecule has 1 aliphatic rings. The Kier molecular flexibility index (Phi) is 9.46. The second kappa shape index (κ2) is 11.8. The van der Waals surface area contributed by atoms with E-state index in [-0.39, 0.29) is 35.9 Å². The van der Waals surface area contributed by atoms with E-state index in [0.29, 0.717) is 29.6 Å². The summed E-state index contributed by atoms with van der Waals surface area (Å²) in [5, 5.41) is 10.2. The van der Waals surface area contributed by atoms with E-state index in [1.807, 2.05) is 30.3 Å². The molecule has 1 amide bonds. The largest absolute Gasteiger partial charge is 0.355 e. The smallest absolute Gasteiger partial charge is 0.251 e. The highest BCUT2D eigenvalue weighted by molar-refractivity contribution is 14.0. The average Bonchev–Trinajstić information content (AvgIpc) is 3.19. The number of aromatic nitrogens is 1. The molecule has 156 valence electrons. The maximum absolute atomic E-state index is 12.0. The molecule has 1 aromatic heterocycles. The number of carbonyl (C=O) groups is 1. The number of hydrogen-bond donors (Lipinski definition) is 3. The van der Waals surface area contributed by atoms with Gasteiger partial charge < -0.3 is 20.9 Å². The predicted molar refractivity (Wildman–Crippen MR) is 129 cm³/mol. The van der Waals surface area contributed by atoms with Crippen LogP contribution in [0.15, 0.2) is 53.7 Å². The van der Waals surface area contributed by atoms with Crippen LogP contribution in [0.4, 0.5) is 5.82 Å². The van der Waals surface area contributed by atoms with Crippen LogP contribution in [0.5, 0.6) is 0 Å². The first-order valence-corrected chi connectivity index (χ1v) is 9.71. The molecule has 1 saturated heterocycles. The van der Waals surface area contributed by atoms with Crippen molar-refractivity contribution in [3.8, 4) is 0 Å². The number of carbonyl (C=O) groups excluding carboxylic acids is 1. The van der Waals surface area contributed by atoms with E-state index >= 15 is 0 Å². The molecule has 1 atom stereocenters. The summed E-state index contributed by atoms with van der Waals surface area (Å²) in [4.78, 5) is 22.8. The van der Waals surface area contributed by atoms with E-state index in [4.69, 9.17) is 11.6 Å². The molecule has 2 heterocycles. The molecule has 0 radical (unpaired) electrons. The molecule has 1 fully saturated rings. The molecular weight excluding hydrogens is 503 g/mol. The van der Waals surface area contributed by atoms with Gasteiger partial charge in [-0.2, -0.15) is 0 Å². The van der Waals surface area contributed by atoms with Crippen LogP contribution in [0.3, 0.4) is 0 Å². The summed E-state index contributed by atoms with van der Waals surface area (Å²) < 4.78 is 0. The van der Waals surface area contributed by atoms with Gasteiger partial charge >= 0.3 is 0 Å². The van der Waals surface area contributed by atoms with Gasteiger partial charge in [0, 0.05) is 51.0 Å². The van der Waals surface area contributed by atoms with Gasteiger partial charge in [-0.25, -0.2) is 4.98 Å². The highest BCUT2D eigenvalue weighted by Gasteiger charge is 2.25. The zero-order valence-electron chi connectivity index (χ0n) is 16.3. The molecule has 29 heavy (non-hydrogen) atoms. The average molecular weight is 529 g/mol. The zero-order valence-corrected chi connectivity index (χ0v) is 19.4.